The number of aromatic nitrogens is 2. The lowest BCUT2D eigenvalue weighted by Crippen LogP contribution is -2.35. The van der Waals surface area contributed by atoms with E-state index in [9.17, 15) is 9.59 Å². The minimum Gasteiger partial charge on any atom is -0.469 e. The number of ether oxygens (including phenoxy) is 2. The summed E-state index contributed by atoms with van der Waals surface area (Å²) in [4.78, 5) is 24.4. The molecule has 1 heterocycles. The maximum atomic E-state index is 12.6. The van der Waals surface area contributed by atoms with Crippen molar-refractivity contribution < 1.29 is 19.1 Å². The number of anilines is 1. The number of nitrogens with one attached hydrogen (secondary N) is 1. The molecule has 7 heteroatoms. The van der Waals surface area contributed by atoms with E-state index in [0.717, 1.165) is 6.42 Å². The van der Waals surface area contributed by atoms with Gasteiger partial charge in [0, 0.05) is 19.9 Å². The van der Waals surface area contributed by atoms with Crippen LogP contribution in [-0.4, -0.2) is 41.5 Å². The lowest BCUT2D eigenvalue weighted by atomic mass is 9.82. The quantitative estimate of drug-likeness (QED) is 0.604. The zero-order valence-corrected chi connectivity index (χ0v) is 15.3. The Kier molecular flexibility index (Phi) is 6.36. The SMILES string of the molecule is COC(=O)C1CC=CCC1C(=O)Nc1cnn(CCC(C)(C)OC)c1. The summed E-state index contributed by atoms with van der Waals surface area (Å²) in [7, 11) is 3.03. The monoisotopic (exact) mass is 349 g/mol. The van der Waals surface area contributed by atoms with Crippen molar-refractivity contribution in [3.8, 4) is 0 Å². The molecule has 1 N–H and O–H groups in total. The van der Waals surface area contributed by atoms with Crippen molar-refractivity contribution in [1.82, 2.24) is 9.78 Å². The Morgan fingerprint density at radius 1 is 1.28 bits per heavy atom. The molecule has 0 aromatic carbocycles. The number of rotatable bonds is 7. The summed E-state index contributed by atoms with van der Waals surface area (Å²) in [6, 6.07) is 0. The third kappa shape index (κ3) is 5.16. The zero-order valence-electron chi connectivity index (χ0n) is 15.3. The standard InChI is InChI=1S/C18H27N3O4/c1-18(2,25-4)9-10-21-12-13(11-19-21)20-16(22)14-7-5-6-8-15(14)17(23)24-3/h5-6,11-12,14-15H,7-10H2,1-4H3,(H,20,22). The summed E-state index contributed by atoms with van der Waals surface area (Å²) in [5, 5.41) is 7.12. The molecule has 138 valence electrons. The van der Waals surface area contributed by atoms with Gasteiger partial charge < -0.3 is 14.8 Å². The van der Waals surface area contributed by atoms with Gasteiger partial charge in [0.25, 0.3) is 0 Å². The number of carbonyl (C=O) groups excluding carboxylic acids is 2. The van der Waals surface area contributed by atoms with Crippen molar-refractivity contribution >= 4 is 17.6 Å². The Bertz CT molecular complexity index is 636. The molecule has 0 bridgehead atoms. The van der Waals surface area contributed by atoms with Crippen LogP contribution in [0.5, 0.6) is 0 Å². The average molecular weight is 349 g/mol. The molecule has 1 aromatic heterocycles. The summed E-state index contributed by atoms with van der Waals surface area (Å²) in [5.41, 5.74) is 0.399. The number of hydrogen-bond donors (Lipinski definition) is 1. The normalized spacial score (nSPS) is 20.3. The van der Waals surface area contributed by atoms with Crippen LogP contribution in [-0.2, 0) is 25.6 Å². The molecule has 1 aliphatic rings. The fourth-order valence-electron chi connectivity index (χ4n) is 2.79. The number of methoxy groups -OCH3 is 2. The molecule has 25 heavy (non-hydrogen) atoms. The van der Waals surface area contributed by atoms with Gasteiger partial charge in [-0.2, -0.15) is 5.10 Å². The number of nitrogens with zero attached hydrogens (tertiary/aromatic N) is 2. The maximum Gasteiger partial charge on any atom is 0.309 e. The van der Waals surface area contributed by atoms with E-state index in [1.54, 1.807) is 24.2 Å². The number of amides is 1. The molecular weight excluding hydrogens is 322 g/mol. The highest BCUT2D eigenvalue weighted by molar-refractivity contribution is 5.95. The molecule has 0 saturated heterocycles. The first-order chi connectivity index (χ1) is 11.9. The molecule has 1 aromatic rings. The van der Waals surface area contributed by atoms with E-state index >= 15 is 0 Å². The van der Waals surface area contributed by atoms with Crippen LogP contribution in [0, 0.1) is 11.8 Å². The van der Waals surface area contributed by atoms with Crippen molar-refractivity contribution in [3.63, 3.8) is 0 Å². The van der Waals surface area contributed by atoms with Crippen LogP contribution in [0.4, 0.5) is 5.69 Å². The first-order valence-corrected chi connectivity index (χ1v) is 8.47. The van der Waals surface area contributed by atoms with Crippen LogP contribution in [0.15, 0.2) is 24.5 Å². The van der Waals surface area contributed by atoms with E-state index in [1.165, 1.54) is 7.11 Å². The van der Waals surface area contributed by atoms with E-state index < -0.39 is 11.8 Å². The number of aryl methyl sites for hydroxylation is 1. The van der Waals surface area contributed by atoms with Gasteiger partial charge in [0.15, 0.2) is 0 Å². The van der Waals surface area contributed by atoms with Gasteiger partial charge in [0.05, 0.1) is 36.4 Å². The smallest absolute Gasteiger partial charge is 0.309 e. The van der Waals surface area contributed by atoms with E-state index in [1.807, 2.05) is 26.0 Å². The number of hydrogen-bond acceptors (Lipinski definition) is 5. The highest BCUT2D eigenvalue weighted by Gasteiger charge is 2.34. The molecule has 0 fully saturated rings. The molecule has 2 unspecified atom stereocenters. The molecule has 7 nitrogen and oxygen atoms in total. The molecule has 2 rings (SSSR count). The fourth-order valence-corrected chi connectivity index (χ4v) is 2.79. The molecule has 0 aliphatic heterocycles. The number of carbonyl (C=O) groups is 2. The predicted molar refractivity (Wildman–Crippen MR) is 93.9 cm³/mol. The Labute approximate surface area is 148 Å². The van der Waals surface area contributed by atoms with Gasteiger partial charge in [-0.1, -0.05) is 12.2 Å². The predicted octanol–water partition coefficient (Wildman–Crippen LogP) is 2.39. The van der Waals surface area contributed by atoms with Gasteiger partial charge in [-0.05, 0) is 33.1 Å². The molecule has 0 radical (unpaired) electrons. The summed E-state index contributed by atoms with van der Waals surface area (Å²) in [6.45, 7) is 4.72. The first-order valence-electron chi connectivity index (χ1n) is 8.47. The highest BCUT2D eigenvalue weighted by atomic mass is 16.5. The average Bonchev–Trinajstić information content (AvgIpc) is 3.06. The van der Waals surface area contributed by atoms with Gasteiger partial charge in [0.1, 0.15) is 0 Å². The zero-order chi connectivity index (χ0) is 18.4. The van der Waals surface area contributed by atoms with Crippen molar-refractivity contribution in [2.45, 2.75) is 45.3 Å². The summed E-state index contributed by atoms with van der Waals surface area (Å²) in [5.74, 6) is -1.39. The molecule has 1 amide bonds. The van der Waals surface area contributed by atoms with Crippen LogP contribution in [0.2, 0.25) is 0 Å². The molecule has 0 spiro atoms. The lowest BCUT2D eigenvalue weighted by molar-refractivity contribution is -0.149. The minimum atomic E-state index is -0.437. The van der Waals surface area contributed by atoms with Crippen LogP contribution in [0.25, 0.3) is 0 Å². The van der Waals surface area contributed by atoms with E-state index in [-0.39, 0.29) is 17.5 Å². The lowest BCUT2D eigenvalue weighted by Gasteiger charge is -2.25. The van der Waals surface area contributed by atoms with Crippen molar-refractivity contribution in [1.29, 1.82) is 0 Å². The van der Waals surface area contributed by atoms with Gasteiger partial charge >= 0.3 is 5.97 Å². The fraction of sp³-hybridized carbons (Fsp3) is 0.611. The van der Waals surface area contributed by atoms with E-state index in [0.29, 0.717) is 25.1 Å². The minimum absolute atomic E-state index is 0.184. The first kappa shape index (κ1) is 19.2. The van der Waals surface area contributed by atoms with Crippen molar-refractivity contribution in [3.05, 3.63) is 24.5 Å². The van der Waals surface area contributed by atoms with Crippen LogP contribution >= 0.6 is 0 Å². The van der Waals surface area contributed by atoms with E-state index in [4.69, 9.17) is 9.47 Å². The Balaban J connectivity index is 1.96. The molecule has 0 saturated carbocycles. The van der Waals surface area contributed by atoms with Gasteiger partial charge in [0.2, 0.25) is 5.91 Å². The van der Waals surface area contributed by atoms with Gasteiger partial charge in [-0.3, -0.25) is 14.3 Å². The second kappa shape index (κ2) is 8.29. The third-order valence-electron chi connectivity index (χ3n) is 4.67. The van der Waals surface area contributed by atoms with Crippen molar-refractivity contribution in [2.24, 2.45) is 11.8 Å². The van der Waals surface area contributed by atoms with Crippen molar-refractivity contribution in [2.75, 3.05) is 19.5 Å². The topological polar surface area (TPSA) is 82.5 Å². The maximum absolute atomic E-state index is 12.6. The Hall–Kier alpha value is -2.15. The third-order valence-corrected chi connectivity index (χ3v) is 4.67. The number of esters is 1. The molecular formula is C18H27N3O4. The summed E-state index contributed by atoms with van der Waals surface area (Å²) >= 11 is 0. The second-order valence-electron chi connectivity index (χ2n) is 6.87. The van der Waals surface area contributed by atoms with Crippen LogP contribution < -0.4 is 5.32 Å². The Morgan fingerprint density at radius 2 is 1.96 bits per heavy atom. The Morgan fingerprint density at radius 3 is 2.60 bits per heavy atom. The van der Waals surface area contributed by atoms with Crippen LogP contribution in [0.3, 0.4) is 0 Å². The van der Waals surface area contributed by atoms with Crippen LogP contribution in [0.1, 0.15) is 33.1 Å². The molecule has 2 atom stereocenters. The number of allylic oxidation sites excluding steroid dienone is 2. The van der Waals surface area contributed by atoms with Gasteiger partial charge in [-0.25, -0.2) is 0 Å². The van der Waals surface area contributed by atoms with Gasteiger partial charge in [-0.15, -0.1) is 0 Å². The second-order valence-corrected chi connectivity index (χ2v) is 6.87. The summed E-state index contributed by atoms with van der Waals surface area (Å²) in [6.07, 6.45) is 9.11. The highest BCUT2D eigenvalue weighted by Crippen LogP contribution is 2.28. The molecule has 1 aliphatic carbocycles. The summed E-state index contributed by atoms with van der Waals surface area (Å²) < 4.78 is 12.0. The largest absolute Gasteiger partial charge is 0.469 e. The van der Waals surface area contributed by atoms with E-state index in [2.05, 4.69) is 10.4 Å².